The third-order valence-electron chi connectivity index (χ3n) is 5.93. The molecule has 0 saturated carbocycles. The fourth-order valence-electron chi connectivity index (χ4n) is 4.06. The molecule has 0 aliphatic carbocycles. The number of amides is 1. The molecule has 172 valence electrons. The van der Waals surface area contributed by atoms with Crippen LogP contribution in [0.4, 0.5) is 5.69 Å². The number of carbonyl (C=O) groups excluding carboxylic acids is 1. The van der Waals surface area contributed by atoms with E-state index in [9.17, 15) is 13.2 Å². The zero-order chi connectivity index (χ0) is 23.6. The molecule has 3 aromatic carbocycles. The van der Waals surface area contributed by atoms with Crippen LogP contribution in [-0.2, 0) is 29.5 Å². The lowest BCUT2D eigenvalue weighted by Crippen LogP contribution is -2.36. The topological polar surface area (TPSA) is 69.7 Å². The van der Waals surface area contributed by atoms with Crippen molar-refractivity contribution in [1.29, 1.82) is 0 Å². The standard InChI is InChI=1S/C26H29N3O3S/c1-19-7-6-8-20(13-19)17-27-24-14-23(15-25(16-24)33(31,32)28(2)3)26(30)29-12-11-21-9-4-5-10-22(21)18-29/h4-10,13-16,27H,11-12,17-18H2,1-3H3. The summed E-state index contributed by atoms with van der Waals surface area (Å²) in [7, 11) is -0.719. The van der Waals surface area contributed by atoms with Crippen LogP contribution in [0.25, 0.3) is 0 Å². The molecule has 0 unspecified atom stereocenters. The van der Waals surface area contributed by atoms with Gasteiger partial charge in [0.25, 0.3) is 5.91 Å². The van der Waals surface area contributed by atoms with Gasteiger partial charge in [0.2, 0.25) is 10.0 Å². The molecule has 1 heterocycles. The first-order chi connectivity index (χ1) is 15.7. The van der Waals surface area contributed by atoms with Crippen molar-refractivity contribution < 1.29 is 13.2 Å². The lowest BCUT2D eigenvalue weighted by atomic mass is 9.99. The Hall–Kier alpha value is -3.16. The fraction of sp³-hybridized carbons (Fsp3) is 0.269. The van der Waals surface area contributed by atoms with Gasteiger partial charge in [0.05, 0.1) is 4.90 Å². The first-order valence-electron chi connectivity index (χ1n) is 11.0. The summed E-state index contributed by atoms with van der Waals surface area (Å²) in [6, 6.07) is 21.0. The summed E-state index contributed by atoms with van der Waals surface area (Å²) in [4.78, 5) is 15.3. The summed E-state index contributed by atoms with van der Waals surface area (Å²) in [5.41, 5.74) is 5.58. The lowest BCUT2D eigenvalue weighted by molar-refractivity contribution is 0.0734. The number of sulfonamides is 1. The Morgan fingerprint density at radius 1 is 1.00 bits per heavy atom. The summed E-state index contributed by atoms with van der Waals surface area (Å²) in [5.74, 6) is -0.168. The van der Waals surface area contributed by atoms with E-state index in [4.69, 9.17) is 0 Å². The van der Waals surface area contributed by atoms with E-state index in [0.29, 0.717) is 30.9 Å². The number of aryl methyl sites for hydroxylation is 1. The van der Waals surface area contributed by atoms with E-state index < -0.39 is 10.0 Å². The predicted molar refractivity (Wildman–Crippen MR) is 131 cm³/mol. The van der Waals surface area contributed by atoms with E-state index in [1.807, 2.05) is 43.3 Å². The summed E-state index contributed by atoms with van der Waals surface area (Å²) >= 11 is 0. The van der Waals surface area contributed by atoms with Gasteiger partial charge in [0.15, 0.2) is 0 Å². The second-order valence-electron chi connectivity index (χ2n) is 8.62. The van der Waals surface area contributed by atoms with Crippen molar-refractivity contribution in [1.82, 2.24) is 9.21 Å². The number of hydrogen-bond acceptors (Lipinski definition) is 4. The van der Waals surface area contributed by atoms with Crippen LogP contribution in [0.3, 0.4) is 0 Å². The first kappa shape index (κ1) is 23.0. The summed E-state index contributed by atoms with van der Waals surface area (Å²) in [6.07, 6.45) is 0.788. The molecule has 0 spiro atoms. The highest BCUT2D eigenvalue weighted by Crippen LogP contribution is 2.25. The summed E-state index contributed by atoms with van der Waals surface area (Å²) in [5, 5.41) is 3.30. The molecular weight excluding hydrogens is 434 g/mol. The van der Waals surface area contributed by atoms with E-state index in [-0.39, 0.29) is 10.8 Å². The Balaban J connectivity index is 1.65. The fourth-order valence-corrected chi connectivity index (χ4v) is 5.04. The van der Waals surface area contributed by atoms with Crippen LogP contribution < -0.4 is 5.32 Å². The second kappa shape index (κ2) is 9.37. The van der Waals surface area contributed by atoms with Crippen LogP contribution in [0, 0.1) is 6.92 Å². The van der Waals surface area contributed by atoms with E-state index in [0.717, 1.165) is 27.4 Å². The highest BCUT2D eigenvalue weighted by atomic mass is 32.2. The van der Waals surface area contributed by atoms with Crippen molar-refractivity contribution in [3.05, 3.63) is 94.5 Å². The minimum atomic E-state index is -3.70. The van der Waals surface area contributed by atoms with Gasteiger partial charge in [-0.15, -0.1) is 0 Å². The Morgan fingerprint density at radius 3 is 2.48 bits per heavy atom. The van der Waals surface area contributed by atoms with Gasteiger partial charge < -0.3 is 10.2 Å². The van der Waals surface area contributed by atoms with Gasteiger partial charge in [-0.2, -0.15) is 0 Å². The Labute approximate surface area is 195 Å². The molecule has 0 radical (unpaired) electrons. The highest BCUT2D eigenvalue weighted by molar-refractivity contribution is 7.89. The molecule has 1 aliphatic rings. The molecule has 0 atom stereocenters. The Kier molecular flexibility index (Phi) is 6.54. The third-order valence-corrected chi connectivity index (χ3v) is 7.72. The molecule has 0 bridgehead atoms. The van der Waals surface area contributed by atoms with Crippen molar-refractivity contribution in [3.8, 4) is 0 Å². The van der Waals surface area contributed by atoms with Crippen LogP contribution in [-0.4, -0.2) is 44.2 Å². The van der Waals surface area contributed by atoms with Crippen molar-refractivity contribution in [2.75, 3.05) is 26.0 Å². The monoisotopic (exact) mass is 463 g/mol. The average molecular weight is 464 g/mol. The largest absolute Gasteiger partial charge is 0.381 e. The molecule has 0 aromatic heterocycles. The molecule has 0 saturated heterocycles. The Morgan fingerprint density at radius 2 is 1.76 bits per heavy atom. The zero-order valence-electron chi connectivity index (χ0n) is 19.2. The number of fused-ring (bicyclic) bond motifs is 1. The van der Waals surface area contributed by atoms with Crippen molar-refractivity contribution in [2.45, 2.75) is 31.3 Å². The van der Waals surface area contributed by atoms with Gasteiger partial charge in [-0.3, -0.25) is 4.79 Å². The van der Waals surface area contributed by atoms with Gasteiger partial charge in [-0.1, -0.05) is 54.1 Å². The first-order valence-corrected chi connectivity index (χ1v) is 12.4. The maximum Gasteiger partial charge on any atom is 0.254 e. The highest BCUT2D eigenvalue weighted by Gasteiger charge is 2.25. The van der Waals surface area contributed by atoms with Crippen LogP contribution in [0.15, 0.2) is 71.6 Å². The van der Waals surface area contributed by atoms with Crippen LogP contribution in [0.5, 0.6) is 0 Å². The normalized spacial score (nSPS) is 13.6. The van der Waals surface area contributed by atoms with Crippen molar-refractivity contribution >= 4 is 21.6 Å². The number of carbonyl (C=O) groups is 1. The van der Waals surface area contributed by atoms with Gasteiger partial charge in [-0.25, -0.2) is 12.7 Å². The molecule has 1 amide bonds. The molecule has 0 fully saturated rings. The van der Waals surface area contributed by atoms with Gasteiger partial charge in [-0.05, 0) is 48.2 Å². The molecular formula is C26H29N3O3S. The molecule has 7 heteroatoms. The molecule has 33 heavy (non-hydrogen) atoms. The predicted octanol–water partition coefficient (Wildman–Crippen LogP) is 4.06. The van der Waals surface area contributed by atoms with E-state index in [2.05, 4.69) is 17.4 Å². The van der Waals surface area contributed by atoms with Gasteiger partial charge >= 0.3 is 0 Å². The van der Waals surface area contributed by atoms with E-state index in [1.54, 1.807) is 17.0 Å². The lowest BCUT2D eigenvalue weighted by Gasteiger charge is -2.29. The van der Waals surface area contributed by atoms with E-state index in [1.165, 1.54) is 25.7 Å². The number of nitrogens with zero attached hydrogens (tertiary/aromatic N) is 2. The van der Waals surface area contributed by atoms with Crippen LogP contribution in [0.1, 0.15) is 32.6 Å². The third kappa shape index (κ3) is 5.10. The Bertz CT molecular complexity index is 1290. The number of nitrogens with one attached hydrogen (secondary N) is 1. The number of hydrogen-bond donors (Lipinski definition) is 1. The maximum atomic E-state index is 13.4. The maximum absolute atomic E-state index is 13.4. The number of anilines is 1. The average Bonchev–Trinajstić information content (AvgIpc) is 2.81. The van der Waals surface area contributed by atoms with Gasteiger partial charge in [0, 0.05) is 45.0 Å². The van der Waals surface area contributed by atoms with Gasteiger partial charge in [0.1, 0.15) is 0 Å². The number of rotatable bonds is 6. The second-order valence-corrected chi connectivity index (χ2v) is 10.8. The van der Waals surface area contributed by atoms with Crippen molar-refractivity contribution in [3.63, 3.8) is 0 Å². The summed E-state index contributed by atoms with van der Waals surface area (Å²) < 4.78 is 26.9. The molecule has 1 aliphatic heterocycles. The van der Waals surface area contributed by atoms with Crippen LogP contribution >= 0.6 is 0 Å². The minimum Gasteiger partial charge on any atom is -0.381 e. The van der Waals surface area contributed by atoms with E-state index >= 15 is 0 Å². The zero-order valence-corrected chi connectivity index (χ0v) is 20.0. The molecule has 1 N–H and O–H groups in total. The minimum absolute atomic E-state index is 0.0995. The molecule has 6 nitrogen and oxygen atoms in total. The SMILES string of the molecule is Cc1cccc(CNc2cc(C(=O)N3CCc4ccccc4C3)cc(S(=O)(=O)N(C)C)c2)c1. The number of benzene rings is 3. The quantitative estimate of drug-likeness (QED) is 0.599. The van der Waals surface area contributed by atoms with Crippen molar-refractivity contribution in [2.24, 2.45) is 0 Å². The molecule has 3 aromatic rings. The van der Waals surface area contributed by atoms with Crippen LogP contribution in [0.2, 0.25) is 0 Å². The summed E-state index contributed by atoms with van der Waals surface area (Å²) in [6.45, 7) is 3.68. The molecule has 4 rings (SSSR count). The smallest absolute Gasteiger partial charge is 0.254 e.